The van der Waals surface area contributed by atoms with Gasteiger partial charge in [-0.1, -0.05) is 35.8 Å². The van der Waals surface area contributed by atoms with Gasteiger partial charge >= 0.3 is 5.92 Å². The van der Waals surface area contributed by atoms with Crippen LogP contribution in [0.15, 0.2) is 42.4 Å². The number of carbonyl (C=O) groups excluding carboxylic acids is 4. The molecule has 0 spiro atoms. The molecule has 166 valence electrons. The molecule has 1 saturated heterocycles. The van der Waals surface area contributed by atoms with Crippen molar-refractivity contribution < 1.29 is 43.1 Å². The Morgan fingerprint density at radius 3 is 2.81 bits per heavy atom. The van der Waals surface area contributed by atoms with E-state index in [2.05, 4.69) is 0 Å². The number of piperidine rings is 1. The van der Waals surface area contributed by atoms with Crippen LogP contribution in [0.4, 0.5) is 8.78 Å². The second kappa shape index (κ2) is 8.31. The van der Waals surface area contributed by atoms with Crippen LogP contribution in [0.3, 0.4) is 0 Å². The molecule has 1 unspecified atom stereocenters. The summed E-state index contributed by atoms with van der Waals surface area (Å²) >= 11 is 5.62. The minimum absolute atomic E-state index is 0.0448. The number of fused-ring (bicyclic) bond motifs is 1. The first-order valence-electron chi connectivity index (χ1n) is 14.2. The van der Waals surface area contributed by atoms with Crippen LogP contribution in [0.25, 0.3) is 0 Å². The summed E-state index contributed by atoms with van der Waals surface area (Å²) in [5, 5.41) is -1.51. The molecular weight excluding hydrogens is 444 g/mol. The number of imide groups is 1. The Balaban J connectivity index is 1.63. The van der Waals surface area contributed by atoms with Gasteiger partial charge in [0, 0.05) is 41.1 Å². The highest BCUT2D eigenvalue weighted by atomic mass is 35.5. The van der Waals surface area contributed by atoms with Crippen molar-refractivity contribution in [2.45, 2.75) is 37.8 Å². The first-order valence-corrected chi connectivity index (χ1v) is 9.21. The van der Waals surface area contributed by atoms with E-state index in [-0.39, 0.29) is 22.0 Å². The number of alkyl halides is 2. The van der Waals surface area contributed by atoms with Crippen LogP contribution < -0.4 is 10.6 Å². The number of nitrogens with zero attached hydrogens (tertiary/aromatic N) is 1. The van der Waals surface area contributed by atoms with E-state index < -0.39 is 101 Å². The largest absolute Gasteiger partial charge is 0.349 e. The van der Waals surface area contributed by atoms with Gasteiger partial charge < -0.3 is 10.2 Å². The summed E-state index contributed by atoms with van der Waals surface area (Å²) < 4.78 is 117. The van der Waals surface area contributed by atoms with Crippen molar-refractivity contribution in [1.29, 1.82) is 0 Å². The van der Waals surface area contributed by atoms with Gasteiger partial charge in [0.15, 0.2) is 2.82 Å². The summed E-state index contributed by atoms with van der Waals surface area (Å²) in [5.41, 5.74) is -1.94. The van der Waals surface area contributed by atoms with Gasteiger partial charge in [-0.2, -0.15) is 8.78 Å². The maximum absolute atomic E-state index is 15.1. The molecule has 2 aromatic rings. The van der Waals surface area contributed by atoms with E-state index >= 15 is 8.78 Å². The SMILES string of the molecule is [2H]c1c([2H])c(C(F)(F)C(=O)N([2H])Cc2ccc3c(c2)CN(C2([2H])C(=O)N([2H])C(=O)C([2H])([2H])C2([2H])[2H])C3=O)c([2H])c([2H])c1Cl. The standard InChI is InChI=1S/C22H18ClF2N3O4/c23-15-4-2-14(3-5-15)22(24,25)21(32)26-10-12-1-6-16-13(9-12)11-28(20(16)31)17-7-8-18(29)27-19(17)30/h1-6,9,17H,7-8,10-11H2,(H,26,32)(H,27,29,30)/i2D,3D,4D,5D,7D2,8D2,17D/hD2. The maximum atomic E-state index is 15.1. The smallest absolute Gasteiger partial charge is 0.346 e. The fraction of sp³-hybridized carbons (Fsp3) is 0.273. The number of rotatable bonds is 5. The molecule has 10 heteroatoms. The zero-order chi connectivity index (χ0) is 32.8. The molecule has 0 bridgehead atoms. The number of nitrogens with one attached hydrogen (secondary N) is 2. The molecule has 1 fully saturated rings. The molecule has 7 nitrogen and oxygen atoms in total. The van der Waals surface area contributed by atoms with Crippen molar-refractivity contribution in [2.75, 3.05) is 0 Å². The molecule has 0 radical (unpaired) electrons. The fourth-order valence-corrected chi connectivity index (χ4v) is 3.09. The Morgan fingerprint density at radius 1 is 1.38 bits per heavy atom. The van der Waals surface area contributed by atoms with E-state index in [0.29, 0.717) is 4.90 Å². The van der Waals surface area contributed by atoms with Gasteiger partial charge in [-0.3, -0.25) is 24.5 Å². The van der Waals surface area contributed by atoms with Crippen molar-refractivity contribution in [1.82, 2.24) is 15.5 Å². The number of carbonyl (C=O) groups is 4. The first-order chi connectivity index (χ1) is 19.6. The van der Waals surface area contributed by atoms with Crippen molar-refractivity contribution >= 4 is 35.2 Å². The number of hydrogen-bond acceptors (Lipinski definition) is 4. The quantitative estimate of drug-likeness (QED) is 0.654. The number of hydrogen-bond donors (Lipinski definition) is 2. The van der Waals surface area contributed by atoms with Crippen LogP contribution in [0.1, 0.15) is 52.1 Å². The number of benzene rings is 2. The van der Waals surface area contributed by atoms with E-state index in [9.17, 15) is 19.2 Å². The molecule has 0 aliphatic carbocycles. The van der Waals surface area contributed by atoms with Crippen molar-refractivity contribution in [3.05, 3.63) is 69.6 Å². The van der Waals surface area contributed by atoms with E-state index in [1.54, 1.807) is 0 Å². The van der Waals surface area contributed by atoms with Crippen LogP contribution in [-0.2, 0) is 33.4 Å². The van der Waals surface area contributed by atoms with E-state index in [1.807, 2.05) is 0 Å². The van der Waals surface area contributed by atoms with Crippen LogP contribution in [0.2, 0.25) is 7.85 Å². The highest BCUT2D eigenvalue weighted by Gasteiger charge is 2.41. The Morgan fingerprint density at radius 2 is 2.09 bits per heavy atom. The third kappa shape index (κ3) is 4.08. The summed E-state index contributed by atoms with van der Waals surface area (Å²) in [5.74, 6) is -11.8. The lowest BCUT2D eigenvalue weighted by Gasteiger charge is -2.29. The Hall–Kier alpha value is -3.33. The zero-order valence-electron chi connectivity index (χ0n) is 26.8. The van der Waals surface area contributed by atoms with Crippen molar-refractivity contribution in [3.63, 3.8) is 0 Å². The van der Waals surface area contributed by atoms with Crippen molar-refractivity contribution in [3.8, 4) is 0 Å². The lowest BCUT2D eigenvalue weighted by Crippen LogP contribution is -2.52. The van der Waals surface area contributed by atoms with Crippen LogP contribution >= 0.6 is 11.6 Å². The van der Waals surface area contributed by atoms with E-state index in [4.69, 9.17) is 26.8 Å². The van der Waals surface area contributed by atoms with Crippen LogP contribution in [-0.4, -0.2) is 34.5 Å². The maximum Gasteiger partial charge on any atom is 0.349 e. The topological polar surface area (TPSA) is 95.6 Å². The number of amides is 4. The molecule has 0 aromatic heterocycles. The molecule has 2 N–H and O–H groups in total. The second-order valence-electron chi connectivity index (χ2n) is 6.59. The third-order valence-electron chi connectivity index (χ3n) is 4.52. The second-order valence-corrected chi connectivity index (χ2v) is 6.97. The molecule has 2 aliphatic rings. The molecule has 2 heterocycles. The van der Waals surface area contributed by atoms with E-state index in [1.165, 1.54) is 0 Å². The summed E-state index contributed by atoms with van der Waals surface area (Å²) in [7, 11) is 0. The average Bonchev–Trinajstić information content (AvgIpc) is 3.27. The molecule has 4 amide bonds. The summed E-state index contributed by atoms with van der Waals surface area (Å²) in [6.07, 6.45) is -7.19. The molecule has 4 rings (SSSR count). The predicted molar refractivity (Wildman–Crippen MR) is 110 cm³/mol. The van der Waals surface area contributed by atoms with E-state index in [0.717, 1.165) is 18.2 Å². The monoisotopic (exact) mass is 472 g/mol. The minimum atomic E-state index is -4.71. The Bertz CT molecular complexity index is 1600. The van der Waals surface area contributed by atoms with Gasteiger partial charge in [-0.25, -0.2) is 0 Å². The molecule has 1 atom stereocenters. The minimum Gasteiger partial charge on any atom is -0.346 e. The van der Waals surface area contributed by atoms with Crippen LogP contribution in [0.5, 0.6) is 0 Å². The molecular formula is C22H18ClF2N3O4. The molecule has 32 heavy (non-hydrogen) atoms. The third-order valence-corrected chi connectivity index (χ3v) is 4.71. The van der Waals surface area contributed by atoms with Gasteiger partial charge in [-0.05, 0) is 35.7 Å². The molecule has 0 saturated carbocycles. The first kappa shape index (κ1) is 12.1. The highest BCUT2D eigenvalue weighted by molar-refractivity contribution is 6.30. The summed E-state index contributed by atoms with van der Waals surface area (Å²) in [6, 6.07) is -4.74. The molecule has 2 aliphatic heterocycles. The van der Waals surface area contributed by atoms with Gasteiger partial charge in [-0.15, -0.1) is 0 Å². The Kier molecular flexibility index (Phi) is 3.13. The number of halogens is 3. The van der Waals surface area contributed by atoms with Crippen molar-refractivity contribution in [2.24, 2.45) is 0 Å². The highest BCUT2D eigenvalue weighted by Crippen LogP contribution is 2.30. The normalized spacial score (nSPS) is 29.1. The van der Waals surface area contributed by atoms with Gasteiger partial charge in [0.05, 0.1) is 6.85 Å². The predicted octanol–water partition coefficient (Wildman–Crippen LogP) is 2.51. The average molecular weight is 473 g/mol. The lowest BCUT2D eigenvalue weighted by atomic mass is 10.0. The van der Waals surface area contributed by atoms with Gasteiger partial charge in [0.2, 0.25) is 11.8 Å². The fourth-order valence-electron chi connectivity index (χ4n) is 3.00. The Labute approximate surface area is 202 Å². The summed E-state index contributed by atoms with van der Waals surface area (Å²) in [4.78, 5) is 50.9. The molecule has 2 aromatic carbocycles. The van der Waals surface area contributed by atoms with Gasteiger partial charge in [0.25, 0.3) is 11.8 Å². The van der Waals surface area contributed by atoms with Crippen LogP contribution in [0, 0.1) is 0 Å². The summed E-state index contributed by atoms with van der Waals surface area (Å²) in [6.45, 7) is -1.61. The lowest BCUT2D eigenvalue weighted by molar-refractivity contribution is -0.147. The van der Waals surface area contributed by atoms with Gasteiger partial charge in [0.1, 0.15) is 6.02 Å². The zero-order valence-corrected chi connectivity index (χ0v) is 16.5.